The van der Waals surface area contributed by atoms with Gasteiger partial charge in [-0.2, -0.15) is 0 Å². The Morgan fingerprint density at radius 1 is 0.811 bits per heavy atom. The molecule has 4 aromatic carbocycles. The highest BCUT2D eigenvalue weighted by Gasteiger charge is 2.22. The van der Waals surface area contributed by atoms with Crippen molar-refractivity contribution in [3.63, 3.8) is 0 Å². The van der Waals surface area contributed by atoms with Gasteiger partial charge in [-0.15, -0.1) is 0 Å². The number of rotatable bonds is 9. The minimum Gasteiger partial charge on any atom is -0.497 e. The van der Waals surface area contributed by atoms with Crippen LogP contribution in [0.1, 0.15) is 34.1 Å². The lowest BCUT2D eigenvalue weighted by molar-refractivity contribution is 0.0521. The molecule has 0 aliphatic heterocycles. The molecule has 0 aliphatic rings. The van der Waals surface area contributed by atoms with Crippen molar-refractivity contribution in [2.45, 2.75) is 20.0 Å². The molecule has 0 atom stereocenters. The lowest BCUT2D eigenvalue weighted by Crippen LogP contribution is -2.06. The summed E-state index contributed by atoms with van der Waals surface area (Å²) in [6.07, 6.45) is 0.684. The van der Waals surface area contributed by atoms with E-state index in [0.717, 1.165) is 50.2 Å². The molecule has 5 heteroatoms. The lowest BCUT2D eigenvalue weighted by Gasteiger charge is -2.11. The largest absolute Gasteiger partial charge is 0.497 e. The molecule has 37 heavy (non-hydrogen) atoms. The van der Waals surface area contributed by atoms with E-state index in [1.54, 1.807) is 7.11 Å². The Bertz CT molecular complexity index is 1500. The molecule has 0 radical (unpaired) electrons. The molecule has 5 aromatic rings. The van der Waals surface area contributed by atoms with Gasteiger partial charge in [-0.1, -0.05) is 66.7 Å². The van der Waals surface area contributed by atoms with Crippen LogP contribution in [0.2, 0.25) is 0 Å². The fourth-order valence-corrected chi connectivity index (χ4v) is 4.58. The standard InChI is InChI=1S/C32H29NO4/c1-3-36-32(34)31-30(24-15-17-26(35-2)18-16-24)29-25(12-8-14-28(29)33-31)19-23-11-7-13-27(20-23)37-21-22-9-5-4-6-10-22/h4-18,20,33H,3,19,21H2,1-2H3. The average molecular weight is 492 g/mol. The van der Waals surface area contributed by atoms with Crippen LogP contribution in [0.3, 0.4) is 0 Å². The van der Waals surface area contributed by atoms with E-state index in [-0.39, 0.29) is 5.97 Å². The molecule has 1 N–H and O–H groups in total. The van der Waals surface area contributed by atoms with Gasteiger partial charge in [0.25, 0.3) is 0 Å². The van der Waals surface area contributed by atoms with Gasteiger partial charge in [-0.3, -0.25) is 0 Å². The van der Waals surface area contributed by atoms with Crippen LogP contribution in [-0.2, 0) is 17.8 Å². The number of aromatic amines is 1. The van der Waals surface area contributed by atoms with E-state index in [2.05, 4.69) is 35.3 Å². The Kier molecular flexibility index (Phi) is 7.22. The predicted octanol–water partition coefficient (Wildman–Crippen LogP) is 7.19. The molecule has 0 bridgehead atoms. The van der Waals surface area contributed by atoms with Crippen LogP contribution in [0.15, 0.2) is 97.1 Å². The number of hydrogen-bond donors (Lipinski definition) is 1. The van der Waals surface area contributed by atoms with Crippen LogP contribution >= 0.6 is 0 Å². The topological polar surface area (TPSA) is 60.6 Å². The highest BCUT2D eigenvalue weighted by atomic mass is 16.5. The van der Waals surface area contributed by atoms with E-state index in [4.69, 9.17) is 14.2 Å². The van der Waals surface area contributed by atoms with Gasteiger partial charge < -0.3 is 19.2 Å². The SMILES string of the molecule is CCOC(=O)c1[nH]c2cccc(Cc3cccc(OCc4ccccc4)c3)c2c1-c1ccc(OC)cc1. The first-order valence-electron chi connectivity index (χ1n) is 12.4. The van der Waals surface area contributed by atoms with Crippen molar-refractivity contribution in [3.8, 4) is 22.6 Å². The van der Waals surface area contributed by atoms with E-state index in [1.165, 1.54) is 0 Å². The normalized spacial score (nSPS) is 10.9. The maximum Gasteiger partial charge on any atom is 0.355 e. The molecule has 0 amide bonds. The van der Waals surface area contributed by atoms with E-state index in [9.17, 15) is 4.79 Å². The summed E-state index contributed by atoms with van der Waals surface area (Å²) in [5.41, 5.74) is 6.46. The summed E-state index contributed by atoms with van der Waals surface area (Å²) in [4.78, 5) is 16.3. The summed E-state index contributed by atoms with van der Waals surface area (Å²) in [6.45, 7) is 2.63. The van der Waals surface area contributed by atoms with E-state index in [0.29, 0.717) is 25.3 Å². The van der Waals surface area contributed by atoms with E-state index in [1.807, 2.05) is 73.7 Å². The third kappa shape index (κ3) is 5.36. The van der Waals surface area contributed by atoms with Gasteiger partial charge in [0.2, 0.25) is 0 Å². The molecule has 5 nitrogen and oxygen atoms in total. The fraction of sp³-hybridized carbons (Fsp3) is 0.156. The number of ether oxygens (including phenoxy) is 3. The second-order valence-electron chi connectivity index (χ2n) is 8.76. The smallest absolute Gasteiger partial charge is 0.355 e. The Balaban J connectivity index is 1.52. The average Bonchev–Trinajstić information content (AvgIpc) is 3.34. The third-order valence-corrected chi connectivity index (χ3v) is 6.31. The van der Waals surface area contributed by atoms with Crippen LogP contribution in [-0.4, -0.2) is 24.7 Å². The zero-order valence-electron chi connectivity index (χ0n) is 21.0. The molecular weight excluding hydrogens is 462 g/mol. The Morgan fingerprint density at radius 3 is 2.32 bits per heavy atom. The number of aromatic nitrogens is 1. The summed E-state index contributed by atoms with van der Waals surface area (Å²) in [5.74, 6) is 1.21. The third-order valence-electron chi connectivity index (χ3n) is 6.31. The molecule has 0 saturated carbocycles. The molecule has 0 fully saturated rings. The molecule has 0 spiro atoms. The minimum absolute atomic E-state index is 0.304. The fourth-order valence-electron chi connectivity index (χ4n) is 4.58. The second kappa shape index (κ2) is 11.0. The van der Waals surface area contributed by atoms with Crippen LogP contribution in [0.4, 0.5) is 0 Å². The number of carbonyl (C=O) groups is 1. The van der Waals surface area contributed by atoms with Crippen LogP contribution in [0.5, 0.6) is 11.5 Å². The van der Waals surface area contributed by atoms with Gasteiger partial charge in [0.1, 0.15) is 23.8 Å². The molecular formula is C32H29NO4. The van der Waals surface area contributed by atoms with Gasteiger partial charge in [0.15, 0.2) is 0 Å². The molecule has 0 unspecified atom stereocenters. The molecule has 186 valence electrons. The maximum absolute atomic E-state index is 12.9. The first-order valence-corrected chi connectivity index (χ1v) is 12.4. The first kappa shape index (κ1) is 24.2. The number of methoxy groups -OCH3 is 1. The predicted molar refractivity (Wildman–Crippen MR) is 146 cm³/mol. The number of esters is 1. The van der Waals surface area contributed by atoms with Crippen molar-refractivity contribution in [1.29, 1.82) is 0 Å². The summed E-state index contributed by atoms with van der Waals surface area (Å²) in [6, 6.07) is 32.2. The zero-order valence-corrected chi connectivity index (χ0v) is 21.0. The number of nitrogens with one attached hydrogen (secondary N) is 1. The second-order valence-corrected chi connectivity index (χ2v) is 8.76. The Morgan fingerprint density at radius 2 is 1.57 bits per heavy atom. The quantitative estimate of drug-likeness (QED) is 0.222. The van der Waals surface area contributed by atoms with Crippen molar-refractivity contribution in [2.24, 2.45) is 0 Å². The van der Waals surface area contributed by atoms with Crippen LogP contribution in [0.25, 0.3) is 22.0 Å². The van der Waals surface area contributed by atoms with Gasteiger partial charge in [-0.25, -0.2) is 4.79 Å². The molecule has 1 aromatic heterocycles. The summed E-state index contributed by atoms with van der Waals surface area (Å²) < 4.78 is 16.8. The molecule has 5 rings (SSSR count). The van der Waals surface area contributed by atoms with Gasteiger partial charge in [0.05, 0.1) is 13.7 Å². The Labute approximate surface area is 216 Å². The highest BCUT2D eigenvalue weighted by Crippen LogP contribution is 2.37. The minimum atomic E-state index is -0.369. The van der Waals surface area contributed by atoms with Gasteiger partial charge in [-0.05, 0) is 65.9 Å². The number of hydrogen-bond acceptors (Lipinski definition) is 4. The summed E-state index contributed by atoms with van der Waals surface area (Å²) in [5, 5.41) is 1.01. The monoisotopic (exact) mass is 491 g/mol. The number of fused-ring (bicyclic) bond motifs is 1. The van der Waals surface area contributed by atoms with Crippen LogP contribution < -0.4 is 9.47 Å². The number of benzene rings is 4. The van der Waals surface area contributed by atoms with E-state index >= 15 is 0 Å². The van der Waals surface area contributed by atoms with Crippen molar-refractivity contribution < 1.29 is 19.0 Å². The number of H-pyrrole nitrogens is 1. The van der Waals surface area contributed by atoms with E-state index < -0.39 is 0 Å². The number of carbonyl (C=O) groups excluding carboxylic acids is 1. The van der Waals surface area contributed by atoms with Crippen molar-refractivity contribution >= 4 is 16.9 Å². The molecule has 0 aliphatic carbocycles. The highest BCUT2D eigenvalue weighted by molar-refractivity contribution is 6.09. The van der Waals surface area contributed by atoms with Crippen molar-refractivity contribution in [3.05, 3.63) is 119 Å². The van der Waals surface area contributed by atoms with Gasteiger partial charge >= 0.3 is 5.97 Å². The van der Waals surface area contributed by atoms with Gasteiger partial charge in [0, 0.05) is 16.5 Å². The lowest BCUT2D eigenvalue weighted by atomic mass is 9.95. The zero-order chi connectivity index (χ0) is 25.6. The molecule has 0 saturated heterocycles. The first-order chi connectivity index (χ1) is 18.2. The maximum atomic E-state index is 12.9. The molecule has 1 heterocycles. The van der Waals surface area contributed by atoms with Crippen molar-refractivity contribution in [1.82, 2.24) is 4.98 Å². The van der Waals surface area contributed by atoms with Crippen LogP contribution in [0, 0.1) is 0 Å². The summed E-state index contributed by atoms with van der Waals surface area (Å²) in [7, 11) is 1.64. The van der Waals surface area contributed by atoms with Crippen molar-refractivity contribution in [2.75, 3.05) is 13.7 Å². The summed E-state index contributed by atoms with van der Waals surface area (Å²) >= 11 is 0. The Hall–Kier alpha value is -4.51.